The van der Waals surface area contributed by atoms with Gasteiger partial charge in [-0.05, 0) is 72.9 Å². The number of rotatable bonds is 8. The Morgan fingerprint density at radius 1 is 0.795 bits per heavy atom. The van der Waals surface area contributed by atoms with Crippen LogP contribution in [0.1, 0.15) is 55.0 Å². The van der Waals surface area contributed by atoms with Gasteiger partial charge in [0.05, 0.1) is 22.6 Å². The Morgan fingerprint density at radius 2 is 1.44 bits per heavy atom. The third kappa shape index (κ3) is 5.13. The zero-order chi connectivity index (χ0) is 27.4. The van der Waals surface area contributed by atoms with Crippen LogP contribution in [-0.2, 0) is 6.42 Å². The molecule has 4 aromatic carbocycles. The van der Waals surface area contributed by atoms with Crippen LogP contribution in [0, 0.1) is 0 Å². The maximum absolute atomic E-state index is 13.9. The minimum atomic E-state index is -0.389. The number of para-hydroxylation sites is 1. The third-order valence-electron chi connectivity index (χ3n) is 7.31. The highest BCUT2D eigenvalue weighted by atomic mass is 16.2. The van der Waals surface area contributed by atoms with Gasteiger partial charge in [0, 0.05) is 12.1 Å². The molecular weight excluding hydrogens is 482 g/mol. The lowest BCUT2D eigenvalue weighted by molar-refractivity contribution is 0.0672. The molecule has 5 rings (SSSR count). The summed E-state index contributed by atoms with van der Waals surface area (Å²) >= 11 is 0. The SMILES string of the molecule is CCc1ccc(-n2c(C(CC)N(CC)C(=O)c3ccc(-c4ccccc4)cc3)nc3ccccc3c2=O)cc1. The van der Waals surface area contributed by atoms with Gasteiger partial charge in [-0.2, -0.15) is 0 Å². The van der Waals surface area contributed by atoms with Crippen LogP contribution in [0.3, 0.4) is 0 Å². The molecule has 0 aliphatic rings. The third-order valence-corrected chi connectivity index (χ3v) is 7.31. The monoisotopic (exact) mass is 515 g/mol. The molecule has 196 valence electrons. The summed E-state index contributed by atoms with van der Waals surface area (Å²) in [6.07, 6.45) is 1.52. The minimum Gasteiger partial charge on any atom is -0.329 e. The van der Waals surface area contributed by atoms with E-state index in [0.717, 1.165) is 23.2 Å². The molecule has 0 saturated carbocycles. The predicted molar refractivity (Wildman–Crippen MR) is 158 cm³/mol. The average Bonchev–Trinajstić information content (AvgIpc) is 3.00. The number of hydrogen-bond donors (Lipinski definition) is 0. The molecule has 1 atom stereocenters. The standard InChI is InChI=1S/C34H33N3O2/c1-4-24-16-22-28(23-17-24)37-32(35-30-15-11-10-14-29(30)34(37)39)31(5-2)36(6-3)33(38)27-20-18-26(19-21-27)25-12-8-7-9-13-25/h7-23,31H,4-6H2,1-3H3. The smallest absolute Gasteiger partial charge is 0.266 e. The van der Waals surface area contributed by atoms with Crippen molar-refractivity contribution < 1.29 is 4.79 Å². The summed E-state index contributed by atoms with van der Waals surface area (Å²) in [4.78, 5) is 34.6. The van der Waals surface area contributed by atoms with Gasteiger partial charge < -0.3 is 4.90 Å². The molecule has 0 saturated heterocycles. The van der Waals surface area contributed by atoms with Gasteiger partial charge in [-0.1, -0.05) is 80.6 Å². The summed E-state index contributed by atoms with van der Waals surface area (Å²) in [5.41, 5.74) is 5.22. The number of nitrogens with zero attached hydrogens (tertiary/aromatic N) is 3. The highest BCUT2D eigenvalue weighted by Gasteiger charge is 2.29. The fraction of sp³-hybridized carbons (Fsp3) is 0.206. The number of fused-ring (bicyclic) bond motifs is 1. The second-order valence-corrected chi connectivity index (χ2v) is 9.61. The van der Waals surface area contributed by atoms with Gasteiger partial charge in [-0.15, -0.1) is 0 Å². The molecule has 0 radical (unpaired) electrons. The molecule has 0 aliphatic heterocycles. The van der Waals surface area contributed by atoms with Gasteiger partial charge >= 0.3 is 0 Å². The molecular formula is C34H33N3O2. The van der Waals surface area contributed by atoms with E-state index in [-0.39, 0.29) is 17.5 Å². The molecule has 1 unspecified atom stereocenters. The molecule has 0 fully saturated rings. The number of aryl methyl sites for hydroxylation is 1. The highest BCUT2D eigenvalue weighted by molar-refractivity contribution is 5.95. The second-order valence-electron chi connectivity index (χ2n) is 9.61. The maximum atomic E-state index is 13.9. The summed E-state index contributed by atoms with van der Waals surface area (Å²) in [5, 5.41) is 0.557. The number of aromatic nitrogens is 2. The van der Waals surface area contributed by atoms with Crippen molar-refractivity contribution in [1.82, 2.24) is 14.5 Å². The molecule has 0 N–H and O–H groups in total. The zero-order valence-corrected chi connectivity index (χ0v) is 22.7. The number of hydrogen-bond acceptors (Lipinski definition) is 3. The molecule has 0 spiro atoms. The Balaban J connectivity index is 1.59. The maximum Gasteiger partial charge on any atom is 0.266 e. The van der Waals surface area contributed by atoms with Gasteiger partial charge in [0.15, 0.2) is 0 Å². The molecule has 0 bridgehead atoms. The first-order valence-electron chi connectivity index (χ1n) is 13.6. The van der Waals surface area contributed by atoms with Crippen molar-refractivity contribution in [3.63, 3.8) is 0 Å². The summed E-state index contributed by atoms with van der Waals surface area (Å²) in [5.74, 6) is 0.487. The van der Waals surface area contributed by atoms with Crippen LogP contribution in [0.4, 0.5) is 0 Å². The predicted octanol–water partition coefficient (Wildman–Crippen LogP) is 7.23. The number of carbonyl (C=O) groups excluding carboxylic acids is 1. The highest BCUT2D eigenvalue weighted by Crippen LogP contribution is 2.28. The van der Waals surface area contributed by atoms with Crippen LogP contribution in [-0.4, -0.2) is 26.9 Å². The fourth-order valence-electron chi connectivity index (χ4n) is 5.15. The van der Waals surface area contributed by atoms with E-state index in [1.54, 1.807) is 4.57 Å². The first-order valence-corrected chi connectivity index (χ1v) is 13.6. The average molecular weight is 516 g/mol. The van der Waals surface area contributed by atoms with Crippen LogP contribution in [0.25, 0.3) is 27.7 Å². The van der Waals surface area contributed by atoms with E-state index in [1.165, 1.54) is 5.56 Å². The van der Waals surface area contributed by atoms with Crippen LogP contribution >= 0.6 is 0 Å². The second kappa shape index (κ2) is 11.5. The van der Waals surface area contributed by atoms with E-state index < -0.39 is 0 Å². The largest absolute Gasteiger partial charge is 0.329 e. The summed E-state index contributed by atoms with van der Waals surface area (Å²) < 4.78 is 1.68. The van der Waals surface area contributed by atoms with Crippen molar-refractivity contribution >= 4 is 16.8 Å². The molecule has 5 nitrogen and oxygen atoms in total. The van der Waals surface area contributed by atoms with E-state index in [4.69, 9.17) is 4.98 Å². The Morgan fingerprint density at radius 3 is 2.08 bits per heavy atom. The normalized spacial score (nSPS) is 11.9. The van der Waals surface area contributed by atoms with Crippen LogP contribution in [0.15, 0.2) is 108 Å². The van der Waals surface area contributed by atoms with E-state index in [2.05, 4.69) is 19.1 Å². The Labute approximate surface area is 229 Å². The Bertz CT molecular complexity index is 1640. The summed E-state index contributed by atoms with van der Waals surface area (Å²) in [6.45, 7) is 6.59. The van der Waals surface area contributed by atoms with Crippen molar-refractivity contribution in [2.75, 3.05) is 6.54 Å². The van der Waals surface area contributed by atoms with Gasteiger partial charge in [0.1, 0.15) is 5.82 Å². The summed E-state index contributed by atoms with van der Waals surface area (Å²) in [7, 11) is 0. The number of amides is 1. The summed E-state index contributed by atoms with van der Waals surface area (Å²) in [6, 6.07) is 32.9. The van der Waals surface area contributed by atoms with E-state index in [1.807, 2.05) is 110 Å². The number of carbonyl (C=O) groups is 1. The van der Waals surface area contributed by atoms with Gasteiger partial charge in [-0.25, -0.2) is 4.98 Å². The minimum absolute atomic E-state index is 0.0840. The molecule has 1 aromatic heterocycles. The topological polar surface area (TPSA) is 55.2 Å². The molecule has 5 aromatic rings. The van der Waals surface area contributed by atoms with Crippen molar-refractivity contribution in [3.05, 3.63) is 130 Å². The van der Waals surface area contributed by atoms with Crippen LogP contribution in [0.5, 0.6) is 0 Å². The van der Waals surface area contributed by atoms with Crippen LogP contribution in [0.2, 0.25) is 0 Å². The zero-order valence-electron chi connectivity index (χ0n) is 22.7. The van der Waals surface area contributed by atoms with Crippen molar-refractivity contribution in [3.8, 4) is 16.8 Å². The van der Waals surface area contributed by atoms with Gasteiger partial charge in [0.2, 0.25) is 0 Å². The van der Waals surface area contributed by atoms with Crippen LogP contribution < -0.4 is 5.56 Å². The van der Waals surface area contributed by atoms with E-state index >= 15 is 0 Å². The molecule has 5 heteroatoms. The molecule has 0 aliphatic carbocycles. The Kier molecular flexibility index (Phi) is 7.69. The lowest BCUT2D eigenvalue weighted by Crippen LogP contribution is -2.38. The molecule has 39 heavy (non-hydrogen) atoms. The van der Waals surface area contributed by atoms with Gasteiger partial charge in [0.25, 0.3) is 11.5 Å². The molecule has 1 amide bonds. The first kappa shape index (κ1) is 26.1. The fourth-order valence-corrected chi connectivity index (χ4v) is 5.15. The van der Waals surface area contributed by atoms with E-state index in [9.17, 15) is 9.59 Å². The Hall–Kier alpha value is -4.51. The lowest BCUT2D eigenvalue weighted by Gasteiger charge is -2.31. The molecule has 1 heterocycles. The van der Waals surface area contributed by atoms with Crippen molar-refractivity contribution in [2.45, 2.75) is 39.7 Å². The number of benzene rings is 4. The van der Waals surface area contributed by atoms with Crippen molar-refractivity contribution in [2.24, 2.45) is 0 Å². The van der Waals surface area contributed by atoms with Crippen molar-refractivity contribution in [1.29, 1.82) is 0 Å². The first-order chi connectivity index (χ1) is 19.0. The van der Waals surface area contributed by atoms with E-state index in [0.29, 0.717) is 35.3 Å². The van der Waals surface area contributed by atoms with Gasteiger partial charge in [-0.3, -0.25) is 14.2 Å². The quantitative estimate of drug-likeness (QED) is 0.219. The lowest BCUT2D eigenvalue weighted by atomic mass is 10.0.